The summed E-state index contributed by atoms with van der Waals surface area (Å²) in [6.07, 6.45) is 3.44. The molecular formula is C11H15BrO2S. The van der Waals surface area contributed by atoms with Crippen LogP contribution in [0.25, 0.3) is 0 Å². The molecule has 15 heavy (non-hydrogen) atoms. The van der Waals surface area contributed by atoms with Gasteiger partial charge in [-0.2, -0.15) is 0 Å². The SMILES string of the molecule is C=CC(C)C(Br)[C@@]1(C)SC(=O)C=C1OC. The molecule has 0 fully saturated rings. The van der Waals surface area contributed by atoms with Crippen molar-refractivity contribution in [1.29, 1.82) is 0 Å². The molecule has 0 N–H and O–H groups in total. The van der Waals surface area contributed by atoms with Crippen LogP contribution in [0, 0.1) is 5.92 Å². The minimum atomic E-state index is -0.334. The first-order valence-electron chi connectivity index (χ1n) is 4.71. The molecule has 1 aliphatic heterocycles. The quantitative estimate of drug-likeness (QED) is 0.588. The van der Waals surface area contributed by atoms with Crippen molar-refractivity contribution in [3.05, 3.63) is 24.5 Å². The number of hydrogen-bond donors (Lipinski definition) is 0. The minimum Gasteiger partial charge on any atom is -0.499 e. The second kappa shape index (κ2) is 4.74. The maximum absolute atomic E-state index is 11.4. The molecule has 4 heteroatoms. The number of hydrogen-bond acceptors (Lipinski definition) is 3. The molecule has 0 aromatic carbocycles. The first kappa shape index (κ1) is 12.8. The number of halogens is 1. The molecule has 0 radical (unpaired) electrons. The smallest absolute Gasteiger partial charge is 0.216 e. The summed E-state index contributed by atoms with van der Waals surface area (Å²) in [7, 11) is 1.60. The highest BCUT2D eigenvalue weighted by molar-refractivity contribution is 9.09. The number of carbonyl (C=O) groups is 1. The van der Waals surface area contributed by atoms with Gasteiger partial charge in [0.1, 0.15) is 5.76 Å². The monoisotopic (exact) mass is 290 g/mol. The van der Waals surface area contributed by atoms with E-state index in [0.717, 1.165) is 5.76 Å². The highest BCUT2D eigenvalue weighted by Gasteiger charge is 2.46. The van der Waals surface area contributed by atoms with Gasteiger partial charge in [0.05, 0.1) is 11.9 Å². The van der Waals surface area contributed by atoms with E-state index in [9.17, 15) is 4.79 Å². The average molecular weight is 291 g/mol. The normalized spacial score (nSPS) is 29.6. The molecule has 2 unspecified atom stereocenters. The molecular weight excluding hydrogens is 276 g/mol. The summed E-state index contributed by atoms with van der Waals surface area (Å²) in [6.45, 7) is 7.84. The summed E-state index contributed by atoms with van der Waals surface area (Å²) < 4.78 is 4.93. The fraction of sp³-hybridized carbons (Fsp3) is 0.545. The number of methoxy groups -OCH3 is 1. The zero-order valence-corrected chi connectivity index (χ0v) is 11.5. The molecule has 1 aliphatic rings. The van der Waals surface area contributed by atoms with E-state index in [2.05, 4.69) is 29.4 Å². The van der Waals surface area contributed by atoms with Crippen molar-refractivity contribution >= 4 is 32.8 Å². The van der Waals surface area contributed by atoms with E-state index >= 15 is 0 Å². The fourth-order valence-electron chi connectivity index (χ4n) is 1.61. The lowest BCUT2D eigenvalue weighted by atomic mass is 9.94. The highest BCUT2D eigenvalue weighted by Crippen LogP contribution is 2.47. The van der Waals surface area contributed by atoms with Crippen LogP contribution in [0.3, 0.4) is 0 Å². The Bertz CT molecular complexity index is 314. The third kappa shape index (κ3) is 2.31. The van der Waals surface area contributed by atoms with Crippen LogP contribution >= 0.6 is 27.7 Å². The lowest BCUT2D eigenvalue weighted by Crippen LogP contribution is -2.36. The third-order valence-corrected chi connectivity index (χ3v) is 5.88. The Labute approximate surface area is 103 Å². The number of alkyl halides is 1. The van der Waals surface area contributed by atoms with Crippen LogP contribution in [0.4, 0.5) is 0 Å². The van der Waals surface area contributed by atoms with Crippen molar-refractivity contribution in [2.75, 3.05) is 7.11 Å². The molecule has 84 valence electrons. The van der Waals surface area contributed by atoms with Gasteiger partial charge in [-0.15, -0.1) is 6.58 Å². The van der Waals surface area contributed by atoms with Gasteiger partial charge >= 0.3 is 0 Å². The molecule has 0 spiro atoms. The second-order valence-electron chi connectivity index (χ2n) is 3.74. The Hall–Kier alpha value is -0.220. The van der Waals surface area contributed by atoms with Gasteiger partial charge in [0, 0.05) is 10.9 Å². The summed E-state index contributed by atoms with van der Waals surface area (Å²) in [5.74, 6) is 1.00. The van der Waals surface area contributed by atoms with Gasteiger partial charge < -0.3 is 4.74 Å². The maximum atomic E-state index is 11.4. The molecule has 0 aliphatic carbocycles. The molecule has 1 heterocycles. The molecule has 3 atom stereocenters. The van der Waals surface area contributed by atoms with Gasteiger partial charge in [-0.1, -0.05) is 40.7 Å². The first-order chi connectivity index (χ1) is 6.95. The van der Waals surface area contributed by atoms with E-state index in [-0.39, 0.29) is 20.6 Å². The molecule has 0 aromatic rings. The van der Waals surface area contributed by atoms with Crippen molar-refractivity contribution in [1.82, 2.24) is 0 Å². The van der Waals surface area contributed by atoms with Crippen LogP contribution in [-0.2, 0) is 9.53 Å². The molecule has 1 rings (SSSR count). The maximum Gasteiger partial charge on any atom is 0.216 e. The summed E-state index contributed by atoms with van der Waals surface area (Å²) in [4.78, 5) is 11.5. The molecule has 0 saturated carbocycles. The van der Waals surface area contributed by atoms with E-state index in [4.69, 9.17) is 4.74 Å². The van der Waals surface area contributed by atoms with Crippen molar-refractivity contribution in [3.8, 4) is 0 Å². The number of rotatable bonds is 4. The van der Waals surface area contributed by atoms with E-state index in [0.29, 0.717) is 0 Å². The highest BCUT2D eigenvalue weighted by atomic mass is 79.9. The Balaban J connectivity index is 2.96. The summed E-state index contributed by atoms with van der Waals surface area (Å²) >= 11 is 4.93. The Morgan fingerprint density at radius 3 is 2.80 bits per heavy atom. The standard InChI is InChI=1S/C11H15BrO2S/c1-5-7(2)10(12)11(3)8(14-4)6-9(13)15-11/h5-7,10H,1H2,2-4H3/t7?,10?,11-/m0/s1. The largest absolute Gasteiger partial charge is 0.499 e. The third-order valence-electron chi connectivity index (χ3n) is 2.63. The van der Waals surface area contributed by atoms with Crippen LogP contribution in [0.2, 0.25) is 0 Å². The topological polar surface area (TPSA) is 26.3 Å². The number of carbonyl (C=O) groups excluding carboxylic acids is 1. The molecule has 0 aromatic heterocycles. The van der Waals surface area contributed by atoms with E-state index < -0.39 is 0 Å². The van der Waals surface area contributed by atoms with Crippen molar-refractivity contribution in [2.45, 2.75) is 23.4 Å². The van der Waals surface area contributed by atoms with Crippen molar-refractivity contribution in [3.63, 3.8) is 0 Å². The van der Waals surface area contributed by atoms with Crippen molar-refractivity contribution in [2.24, 2.45) is 5.92 Å². The molecule has 0 saturated heterocycles. The van der Waals surface area contributed by atoms with E-state index in [1.807, 2.05) is 13.0 Å². The fourth-order valence-corrected chi connectivity index (χ4v) is 3.49. The lowest BCUT2D eigenvalue weighted by Gasteiger charge is -2.32. The Morgan fingerprint density at radius 2 is 2.33 bits per heavy atom. The Kier molecular flexibility index (Phi) is 4.06. The van der Waals surface area contributed by atoms with Crippen LogP contribution in [0.5, 0.6) is 0 Å². The average Bonchev–Trinajstić information content (AvgIpc) is 2.52. The second-order valence-corrected chi connectivity index (χ2v) is 6.18. The van der Waals surface area contributed by atoms with E-state index in [1.165, 1.54) is 11.8 Å². The summed E-state index contributed by atoms with van der Waals surface area (Å²) in [5.41, 5.74) is 0. The molecule has 2 nitrogen and oxygen atoms in total. The summed E-state index contributed by atoms with van der Waals surface area (Å²) in [6, 6.07) is 0. The predicted octanol–water partition coefficient (Wildman–Crippen LogP) is 3.13. The number of allylic oxidation sites excluding steroid dienone is 1. The molecule has 0 bridgehead atoms. The summed E-state index contributed by atoms with van der Waals surface area (Å²) in [5, 5.41) is 0.0510. The minimum absolute atomic E-state index is 0.0510. The lowest BCUT2D eigenvalue weighted by molar-refractivity contribution is -0.107. The van der Waals surface area contributed by atoms with Gasteiger partial charge in [-0.05, 0) is 12.8 Å². The van der Waals surface area contributed by atoms with Crippen LogP contribution in [-0.4, -0.2) is 21.8 Å². The van der Waals surface area contributed by atoms with Crippen LogP contribution in [0.15, 0.2) is 24.5 Å². The zero-order valence-electron chi connectivity index (χ0n) is 9.12. The Morgan fingerprint density at radius 1 is 1.73 bits per heavy atom. The van der Waals surface area contributed by atoms with Crippen LogP contribution in [0.1, 0.15) is 13.8 Å². The van der Waals surface area contributed by atoms with Gasteiger partial charge in [0.25, 0.3) is 0 Å². The van der Waals surface area contributed by atoms with Crippen molar-refractivity contribution < 1.29 is 9.53 Å². The van der Waals surface area contributed by atoms with Gasteiger partial charge in [-0.25, -0.2) is 0 Å². The van der Waals surface area contributed by atoms with Crippen LogP contribution < -0.4 is 0 Å². The first-order valence-corrected chi connectivity index (χ1v) is 6.44. The van der Waals surface area contributed by atoms with Gasteiger partial charge in [0.2, 0.25) is 5.12 Å². The van der Waals surface area contributed by atoms with E-state index in [1.54, 1.807) is 13.2 Å². The number of ether oxygens (including phenoxy) is 1. The molecule has 0 amide bonds. The number of thioether (sulfide) groups is 1. The van der Waals surface area contributed by atoms with Gasteiger partial charge in [0.15, 0.2) is 0 Å². The predicted molar refractivity (Wildman–Crippen MR) is 68.2 cm³/mol. The van der Waals surface area contributed by atoms with Gasteiger partial charge in [-0.3, -0.25) is 4.79 Å². The zero-order chi connectivity index (χ0) is 11.6.